The molecule has 13 heavy (non-hydrogen) atoms. The molecular weight excluding hydrogens is 158 g/mol. The Morgan fingerprint density at radius 3 is 1.85 bits per heavy atom. The first-order chi connectivity index (χ1) is 5.91. The highest BCUT2D eigenvalue weighted by Crippen LogP contribution is 2.64. The Morgan fingerprint density at radius 2 is 1.46 bits per heavy atom. The Bertz CT molecular complexity index is 207. The lowest BCUT2D eigenvalue weighted by molar-refractivity contribution is -0.514. The summed E-state index contributed by atoms with van der Waals surface area (Å²) in [5.41, 5.74) is 6.32. The monoisotopic (exact) mass is 180 g/mol. The van der Waals surface area contributed by atoms with Gasteiger partial charge >= 0.3 is 0 Å². The van der Waals surface area contributed by atoms with Crippen LogP contribution in [0.5, 0.6) is 0 Å². The van der Waals surface area contributed by atoms with Crippen LogP contribution < -0.4 is 5.73 Å². The fourth-order valence-electron chi connectivity index (χ4n) is 5.68. The minimum atomic E-state index is 0.475. The normalized spacial score (nSPS) is 64.4. The molecular formula is C12H22N+. The summed E-state index contributed by atoms with van der Waals surface area (Å²) in [5, 5.41) is 0. The van der Waals surface area contributed by atoms with E-state index in [-0.39, 0.29) is 0 Å². The molecule has 0 amide bonds. The first kappa shape index (κ1) is 8.28. The summed E-state index contributed by atoms with van der Waals surface area (Å²) in [7, 11) is 0. The molecule has 0 aliphatic heterocycles. The summed E-state index contributed by atoms with van der Waals surface area (Å²) in [4.78, 5) is 0. The standard InChI is InChI=1S/C12H21N/c1-10-3-9-4-11(2,6-10)8-12(13,5-9)7-10/h9H,3-8,13H2,1-2H3/p+1/t9?,10-,11?,12?/m0/s1. The Morgan fingerprint density at radius 1 is 0.923 bits per heavy atom. The molecule has 0 aromatic carbocycles. The molecule has 4 saturated carbocycles. The van der Waals surface area contributed by atoms with E-state index in [2.05, 4.69) is 19.6 Å². The van der Waals surface area contributed by atoms with Gasteiger partial charge in [-0.15, -0.1) is 0 Å². The zero-order chi connectivity index (χ0) is 9.32. The summed E-state index contributed by atoms with van der Waals surface area (Å²) in [6.45, 7) is 5.02. The summed E-state index contributed by atoms with van der Waals surface area (Å²) >= 11 is 0. The summed E-state index contributed by atoms with van der Waals surface area (Å²) in [5.74, 6) is 1.02. The van der Waals surface area contributed by atoms with Crippen LogP contribution >= 0.6 is 0 Å². The highest BCUT2D eigenvalue weighted by Gasteiger charge is 2.60. The molecule has 4 bridgehead atoms. The zero-order valence-electron chi connectivity index (χ0n) is 9.03. The first-order valence-corrected chi connectivity index (χ1v) is 5.76. The molecule has 4 rings (SSSR count). The maximum absolute atomic E-state index is 4.52. The predicted octanol–water partition coefficient (Wildman–Crippen LogP) is 1.98. The van der Waals surface area contributed by atoms with Crippen molar-refractivity contribution in [3.05, 3.63) is 0 Å². The van der Waals surface area contributed by atoms with Gasteiger partial charge in [-0.1, -0.05) is 13.8 Å². The Hall–Kier alpha value is -0.0400. The minimum absolute atomic E-state index is 0.475. The van der Waals surface area contributed by atoms with E-state index >= 15 is 0 Å². The smallest absolute Gasteiger partial charge is 0.0959 e. The van der Waals surface area contributed by atoms with Crippen LogP contribution in [0.4, 0.5) is 0 Å². The van der Waals surface area contributed by atoms with Gasteiger partial charge in [0, 0.05) is 19.3 Å². The van der Waals surface area contributed by atoms with Crippen molar-refractivity contribution >= 4 is 0 Å². The van der Waals surface area contributed by atoms with Gasteiger partial charge in [0.2, 0.25) is 0 Å². The van der Waals surface area contributed by atoms with Gasteiger partial charge < -0.3 is 5.73 Å². The highest BCUT2D eigenvalue weighted by molar-refractivity contribution is 5.10. The third-order valence-electron chi connectivity index (χ3n) is 4.74. The van der Waals surface area contributed by atoms with Gasteiger partial charge in [0.15, 0.2) is 0 Å². The lowest BCUT2D eigenvalue weighted by Crippen LogP contribution is -2.80. The zero-order valence-corrected chi connectivity index (χ0v) is 9.03. The molecule has 0 heterocycles. The number of hydrogen-bond acceptors (Lipinski definition) is 0. The quantitative estimate of drug-likeness (QED) is 0.590. The van der Waals surface area contributed by atoms with Crippen LogP contribution in [0.3, 0.4) is 0 Å². The van der Waals surface area contributed by atoms with Crippen LogP contribution in [-0.4, -0.2) is 5.54 Å². The molecule has 1 heteroatoms. The topological polar surface area (TPSA) is 27.6 Å². The average Bonchev–Trinajstić information content (AvgIpc) is 1.71. The molecule has 0 saturated heterocycles. The second-order valence-corrected chi connectivity index (χ2v) is 7.13. The molecule has 3 unspecified atom stereocenters. The Kier molecular flexibility index (Phi) is 1.26. The van der Waals surface area contributed by atoms with E-state index in [9.17, 15) is 0 Å². The molecule has 4 aliphatic carbocycles. The van der Waals surface area contributed by atoms with E-state index < -0.39 is 0 Å². The summed E-state index contributed by atoms with van der Waals surface area (Å²) in [6, 6.07) is 0. The van der Waals surface area contributed by atoms with Crippen molar-refractivity contribution in [1.29, 1.82) is 0 Å². The number of quaternary nitrogens is 1. The van der Waals surface area contributed by atoms with Crippen molar-refractivity contribution < 1.29 is 5.73 Å². The second kappa shape index (κ2) is 1.98. The maximum atomic E-state index is 4.52. The molecule has 0 radical (unpaired) electrons. The third-order valence-corrected chi connectivity index (χ3v) is 4.74. The van der Waals surface area contributed by atoms with Gasteiger partial charge in [-0.2, -0.15) is 0 Å². The van der Waals surface area contributed by atoms with E-state index in [1.807, 2.05) is 0 Å². The van der Waals surface area contributed by atoms with Gasteiger partial charge in [-0.25, -0.2) is 0 Å². The van der Waals surface area contributed by atoms with Gasteiger partial charge in [0.1, 0.15) is 0 Å². The largest absolute Gasteiger partial charge is 0.353 e. The van der Waals surface area contributed by atoms with Gasteiger partial charge in [-0.3, -0.25) is 0 Å². The molecule has 74 valence electrons. The molecule has 1 nitrogen and oxygen atoms in total. The van der Waals surface area contributed by atoms with Crippen molar-refractivity contribution in [2.24, 2.45) is 16.7 Å². The van der Waals surface area contributed by atoms with Gasteiger partial charge in [0.25, 0.3) is 0 Å². The molecule has 0 aromatic rings. The number of rotatable bonds is 0. The van der Waals surface area contributed by atoms with Crippen LogP contribution in [0.2, 0.25) is 0 Å². The minimum Gasteiger partial charge on any atom is -0.353 e. The van der Waals surface area contributed by atoms with Gasteiger partial charge in [-0.05, 0) is 36.0 Å². The third kappa shape index (κ3) is 1.09. The van der Waals surface area contributed by atoms with E-state index in [1.165, 1.54) is 38.5 Å². The van der Waals surface area contributed by atoms with Gasteiger partial charge in [0.05, 0.1) is 5.54 Å². The van der Waals surface area contributed by atoms with Crippen LogP contribution in [0, 0.1) is 16.7 Å². The fourth-order valence-corrected chi connectivity index (χ4v) is 5.68. The molecule has 4 fully saturated rings. The lowest BCUT2D eigenvalue weighted by atomic mass is 9.43. The van der Waals surface area contributed by atoms with Crippen molar-refractivity contribution in [2.75, 3.05) is 0 Å². The van der Waals surface area contributed by atoms with E-state index in [0.717, 1.165) is 5.92 Å². The summed E-state index contributed by atoms with van der Waals surface area (Å²) in [6.07, 6.45) is 8.73. The molecule has 0 spiro atoms. The van der Waals surface area contributed by atoms with Crippen molar-refractivity contribution in [2.45, 2.75) is 57.9 Å². The van der Waals surface area contributed by atoms with E-state index in [0.29, 0.717) is 16.4 Å². The van der Waals surface area contributed by atoms with Crippen molar-refractivity contribution in [1.82, 2.24) is 0 Å². The maximum Gasteiger partial charge on any atom is 0.0959 e. The Balaban J connectivity index is 2.03. The molecule has 0 aromatic heterocycles. The lowest BCUT2D eigenvalue weighted by Gasteiger charge is -2.62. The van der Waals surface area contributed by atoms with Crippen LogP contribution in [-0.2, 0) is 0 Å². The fraction of sp³-hybridized carbons (Fsp3) is 1.00. The predicted molar refractivity (Wildman–Crippen MR) is 53.0 cm³/mol. The summed E-state index contributed by atoms with van der Waals surface area (Å²) < 4.78 is 0. The van der Waals surface area contributed by atoms with E-state index in [4.69, 9.17) is 0 Å². The molecule has 3 N–H and O–H groups in total. The van der Waals surface area contributed by atoms with Crippen molar-refractivity contribution in [3.8, 4) is 0 Å². The SMILES string of the molecule is CC12CC3CC([NH3+])(C1)C[C@@](C)(C3)C2. The van der Waals surface area contributed by atoms with E-state index in [1.54, 1.807) is 0 Å². The molecule has 4 aliphatic rings. The van der Waals surface area contributed by atoms with Crippen molar-refractivity contribution in [3.63, 3.8) is 0 Å². The Labute approximate surface area is 81.1 Å². The first-order valence-electron chi connectivity index (χ1n) is 5.76. The average molecular weight is 180 g/mol. The van der Waals surface area contributed by atoms with Crippen LogP contribution in [0.1, 0.15) is 52.4 Å². The van der Waals surface area contributed by atoms with Crippen LogP contribution in [0.15, 0.2) is 0 Å². The number of hydrogen-bond donors (Lipinski definition) is 1. The molecule has 4 atom stereocenters. The highest BCUT2D eigenvalue weighted by atomic mass is 14.8. The second-order valence-electron chi connectivity index (χ2n) is 7.13. The van der Waals surface area contributed by atoms with Crippen LogP contribution in [0.25, 0.3) is 0 Å².